The minimum absolute atomic E-state index is 0.108. The van der Waals surface area contributed by atoms with Crippen molar-refractivity contribution in [2.45, 2.75) is 49.9 Å². The lowest BCUT2D eigenvalue weighted by atomic mass is 9.80. The summed E-state index contributed by atoms with van der Waals surface area (Å²) < 4.78 is 7.52. The van der Waals surface area contributed by atoms with Gasteiger partial charge in [-0.2, -0.15) is 0 Å². The first-order chi connectivity index (χ1) is 21.6. The molecule has 44 heavy (non-hydrogen) atoms. The Morgan fingerprint density at radius 2 is 1.77 bits per heavy atom. The van der Waals surface area contributed by atoms with Gasteiger partial charge in [-0.1, -0.05) is 85.6 Å². The summed E-state index contributed by atoms with van der Waals surface area (Å²) in [6.45, 7) is 3.08. The van der Waals surface area contributed by atoms with Crippen molar-refractivity contribution in [1.29, 1.82) is 0 Å². The van der Waals surface area contributed by atoms with E-state index in [-0.39, 0.29) is 24.6 Å². The molecule has 4 aromatic rings. The number of methoxy groups -OCH3 is 1. The van der Waals surface area contributed by atoms with Crippen LogP contribution in [0.1, 0.15) is 53.5 Å². The molecule has 1 unspecified atom stereocenters. The first-order valence-electron chi connectivity index (χ1n) is 15.6. The summed E-state index contributed by atoms with van der Waals surface area (Å²) in [4.78, 5) is 28.1. The SMILES string of the molecule is COC[C@]1(O)CCCC[C@H]1n1cnc(C(=O)N2CCN(Cc3ccccc3)CC2/C=C/c2ccccn2)c1-c1ccccc1. The van der Waals surface area contributed by atoms with Crippen molar-refractivity contribution >= 4 is 12.0 Å². The fourth-order valence-corrected chi connectivity index (χ4v) is 6.75. The van der Waals surface area contributed by atoms with Gasteiger partial charge < -0.3 is 19.3 Å². The van der Waals surface area contributed by atoms with E-state index >= 15 is 0 Å². The molecule has 2 aromatic carbocycles. The maximum absolute atomic E-state index is 14.6. The van der Waals surface area contributed by atoms with E-state index in [4.69, 9.17) is 9.72 Å². The van der Waals surface area contributed by atoms with Crippen LogP contribution in [0.5, 0.6) is 0 Å². The lowest BCUT2D eigenvalue weighted by Gasteiger charge is -2.41. The number of piperazine rings is 1. The number of pyridine rings is 1. The quantitative estimate of drug-likeness (QED) is 0.278. The molecule has 8 heteroatoms. The minimum Gasteiger partial charge on any atom is -0.385 e. The second-order valence-corrected chi connectivity index (χ2v) is 11.9. The number of hydrogen-bond donors (Lipinski definition) is 1. The molecule has 0 bridgehead atoms. The molecule has 3 heterocycles. The van der Waals surface area contributed by atoms with Gasteiger partial charge in [0.05, 0.1) is 36.4 Å². The Morgan fingerprint density at radius 3 is 2.52 bits per heavy atom. The molecule has 0 radical (unpaired) electrons. The first kappa shape index (κ1) is 29.9. The third-order valence-electron chi connectivity index (χ3n) is 8.92. The Morgan fingerprint density at radius 1 is 1.00 bits per heavy atom. The number of aliphatic hydroxyl groups is 1. The molecule has 6 rings (SSSR count). The topological polar surface area (TPSA) is 83.7 Å². The molecule has 2 aliphatic rings. The van der Waals surface area contributed by atoms with Crippen molar-refractivity contribution in [3.63, 3.8) is 0 Å². The van der Waals surface area contributed by atoms with Crippen LogP contribution >= 0.6 is 0 Å². The zero-order valence-electron chi connectivity index (χ0n) is 25.3. The standard InChI is InChI=1S/C36H41N5O3/c1-44-26-36(43)20-10-8-17-32(36)41-27-38-33(34(41)29-14-6-3-7-15-29)35(42)40-23-22-39(24-28-12-4-2-5-13-28)25-31(40)19-18-30-16-9-11-21-37-30/h2-7,9,11-16,18-19,21,27,31-32,43H,8,10,17,20,22-26H2,1H3/b19-18+/t31?,32-,36-/m1/s1. The van der Waals surface area contributed by atoms with Crippen LogP contribution in [-0.4, -0.2) is 80.3 Å². The number of aromatic nitrogens is 3. The number of ether oxygens (including phenoxy) is 1. The zero-order chi connectivity index (χ0) is 30.4. The van der Waals surface area contributed by atoms with Crippen LogP contribution in [0.25, 0.3) is 17.3 Å². The Bertz CT molecular complexity index is 1540. The zero-order valence-corrected chi connectivity index (χ0v) is 25.3. The largest absolute Gasteiger partial charge is 0.385 e. The number of carbonyl (C=O) groups excluding carboxylic acids is 1. The highest BCUT2D eigenvalue weighted by atomic mass is 16.5. The van der Waals surface area contributed by atoms with Crippen LogP contribution in [0, 0.1) is 0 Å². The molecular formula is C36H41N5O3. The molecule has 2 fully saturated rings. The van der Waals surface area contributed by atoms with E-state index in [9.17, 15) is 9.90 Å². The smallest absolute Gasteiger partial charge is 0.275 e. The van der Waals surface area contributed by atoms with Crippen molar-refractivity contribution in [3.05, 3.63) is 114 Å². The van der Waals surface area contributed by atoms with E-state index in [1.54, 1.807) is 19.6 Å². The van der Waals surface area contributed by atoms with Gasteiger partial charge in [-0.25, -0.2) is 4.98 Å². The summed E-state index contributed by atoms with van der Waals surface area (Å²) in [6, 6.07) is 25.8. The fraction of sp³-hybridized carbons (Fsp3) is 0.361. The molecule has 1 saturated heterocycles. The van der Waals surface area contributed by atoms with Gasteiger partial charge in [0.2, 0.25) is 0 Å². The van der Waals surface area contributed by atoms with Crippen LogP contribution in [0.3, 0.4) is 0 Å². The minimum atomic E-state index is -1.03. The van der Waals surface area contributed by atoms with E-state index in [1.165, 1.54) is 5.56 Å². The Kier molecular flexibility index (Phi) is 9.31. The number of nitrogens with zero attached hydrogens (tertiary/aromatic N) is 5. The van der Waals surface area contributed by atoms with E-state index in [2.05, 4.69) is 40.2 Å². The van der Waals surface area contributed by atoms with Gasteiger partial charge in [0.15, 0.2) is 5.69 Å². The third-order valence-corrected chi connectivity index (χ3v) is 8.92. The van der Waals surface area contributed by atoms with Crippen molar-refractivity contribution in [3.8, 4) is 11.3 Å². The Labute approximate surface area is 259 Å². The average molecular weight is 592 g/mol. The van der Waals surface area contributed by atoms with Crippen molar-refractivity contribution in [2.24, 2.45) is 0 Å². The van der Waals surface area contributed by atoms with Crippen LogP contribution in [0.15, 0.2) is 97.5 Å². The molecule has 1 amide bonds. The van der Waals surface area contributed by atoms with Crippen LogP contribution < -0.4 is 0 Å². The Balaban J connectivity index is 1.35. The van der Waals surface area contributed by atoms with E-state index < -0.39 is 5.60 Å². The van der Waals surface area contributed by atoms with Crippen molar-refractivity contribution in [1.82, 2.24) is 24.3 Å². The van der Waals surface area contributed by atoms with Crippen LogP contribution in [0.4, 0.5) is 0 Å². The number of hydrogen-bond acceptors (Lipinski definition) is 6. The summed E-state index contributed by atoms with van der Waals surface area (Å²) in [5, 5.41) is 11.7. The van der Waals surface area contributed by atoms with Gasteiger partial charge in [-0.3, -0.25) is 14.7 Å². The predicted octanol–water partition coefficient (Wildman–Crippen LogP) is 5.48. The first-order valence-corrected chi connectivity index (χ1v) is 15.6. The van der Waals surface area contributed by atoms with Gasteiger partial charge in [0.25, 0.3) is 5.91 Å². The summed E-state index contributed by atoms with van der Waals surface area (Å²) in [5.74, 6) is -0.108. The highest BCUT2D eigenvalue weighted by Gasteiger charge is 2.42. The maximum atomic E-state index is 14.6. The van der Waals surface area contributed by atoms with Crippen molar-refractivity contribution in [2.75, 3.05) is 33.4 Å². The van der Waals surface area contributed by atoms with Gasteiger partial charge in [0, 0.05) is 45.0 Å². The number of benzene rings is 2. The summed E-state index contributed by atoms with van der Waals surface area (Å²) >= 11 is 0. The maximum Gasteiger partial charge on any atom is 0.275 e. The van der Waals surface area contributed by atoms with E-state index in [1.807, 2.05) is 70.1 Å². The molecule has 228 valence electrons. The second kappa shape index (κ2) is 13.7. The normalized spacial score (nSPS) is 22.8. The Hall–Kier alpha value is -4.11. The van der Waals surface area contributed by atoms with Gasteiger partial charge >= 0.3 is 0 Å². The molecule has 1 saturated carbocycles. The molecule has 0 spiro atoms. The second-order valence-electron chi connectivity index (χ2n) is 11.9. The molecule has 1 aliphatic carbocycles. The molecule has 1 aliphatic heterocycles. The summed E-state index contributed by atoms with van der Waals surface area (Å²) in [6.07, 6.45) is 11.0. The van der Waals surface area contributed by atoms with Crippen molar-refractivity contribution < 1.29 is 14.6 Å². The highest BCUT2D eigenvalue weighted by molar-refractivity contribution is 5.98. The van der Waals surface area contributed by atoms with E-state index in [0.717, 1.165) is 49.3 Å². The number of rotatable bonds is 9. The lowest BCUT2D eigenvalue weighted by molar-refractivity contribution is -0.0893. The fourth-order valence-electron chi connectivity index (χ4n) is 6.75. The third kappa shape index (κ3) is 6.53. The average Bonchev–Trinajstić information content (AvgIpc) is 3.50. The van der Waals surface area contributed by atoms with Gasteiger partial charge in [-0.15, -0.1) is 0 Å². The monoisotopic (exact) mass is 591 g/mol. The molecule has 8 nitrogen and oxygen atoms in total. The van der Waals surface area contributed by atoms with Gasteiger partial charge in [-0.05, 0) is 36.6 Å². The van der Waals surface area contributed by atoms with Crippen LogP contribution in [-0.2, 0) is 11.3 Å². The molecular weight excluding hydrogens is 550 g/mol. The van der Waals surface area contributed by atoms with Gasteiger partial charge in [0.1, 0.15) is 5.60 Å². The van der Waals surface area contributed by atoms with E-state index in [0.29, 0.717) is 25.2 Å². The van der Waals surface area contributed by atoms with Crippen LogP contribution in [0.2, 0.25) is 0 Å². The highest BCUT2D eigenvalue weighted by Crippen LogP contribution is 2.41. The summed E-state index contributed by atoms with van der Waals surface area (Å²) in [7, 11) is 1.63. The summed E-state index contributed by atoms with van der Waals surface area (Å²) in [5.41, 5.74) is 3.13. The number of carbonyl (C=O) groups is 1. The number of amides is 1. The molecule has 3 atom stereocenters. The lowest BCUT2D eigenvalue weighted by Crippen LogP contribution is -2.54. The molecule has 2 aromatic heterocycles. The predicted molar refractivity (Wildman–Crippen MR) is 172 cm³/mol. The number of imidazole rings is 1. The molecule has 1 N–H and O–H groups in total.